The van der Waals surface area contributed by atoms with E-state index < -0.39 is 0 Å². The van der Waals surface area contributed by atoms with Crippen molar-refractivity contribution in [1.29, 1.82) is 0 Å². The summed E-state index contributed by atoms with van der Waals surface area (Å²) in [6, 6.07) is 12.2. The minimum atomic E-state index is 0.0528. The second kappa shape index (κ2) is 8.46. The van der Waals surface area contributed by atoms with Crippen LogP contribution in [0.15, 0.2) is 48.8 Å². The summed E-state index contributed by atoms with van der Waals surface area (Å²) in [5.41, 5.74) is 4.73. The molecule has 1 N–H and O–H groups in total. The lowest BCUT2D eigenvalue weighted by Crippen LogP contribution is -2.40. The van der Waals surface area contributed by atoms with Crippen LogP contribution in [0, 0.1) is 0 Å². The number of aromatic nitrogens is 3. The highest BCUT2D eigenvalue weighted by atomic mass is 16.5. The zero-order valence-electron chi connectivity index (χ0n) is 18.3. The number of rotatable bonds is 3. The van der Waals surface area contributed by atoms with Gasteiger partial charge < -0.3 is 24.3 Å². The SMILES string of the molecule is O=C(c1ccc2c(c1)[nH]c1ccc(-c3cnc(N4CCOCC4)nc3)cc12)N1CCOCC1. The third-order valence-corrected chi connectivity index (χ3v) is 6.41. The average molecular weight is 444 g/mol. The van der Waals surface area contributed by atoms with Gasteiger partial charge in [0.25, 0.3) is 5.91 Å². The van der Waals surface area contributed by atoms with Gasteiger partial charge in [-0.25, -0.2) is 9.97 Å². The summed E-state index contributed by atoms with van der Waals surface area (Å²) >= 11 is 0. The molecule has 1 amide bonds. The number of hydrogen-bond acceptors (Lipinski definition) is 6. The van der Waals surface area contributed by atoms with Crippen molar-refractivity contribution in [2.75, 3.05) is 57.5 Å². The van der Waals surface area contributed by atoms with Gasteiger partial charge in [0, 0.05) is 71.5 Å². The normalized spacial score (nSPS) is 17.1. The molecule has 0 atom stereocenters. The predicted octanol–water partition coefficient (Wildman–Crippen LogP) is 3.09. The Morgan fingerprint density at radius 1 is 0.788 bits per heavy atom. The largest absolute Gasteiger partial charge is 0.378 e. The Kier molecular flexibility index (Phi) is 5.16. The van der Waals surface area contributed by atoms with E-state index in [1.807, 2.05) is 35.5 Å². The molecular formula is C25H25N5O3. The minimum Gasteiger partial charge on any atom is -0.378 e. The van der Waals surface area contributed by atoms with Crippen molar-refractivity contribution < 1.29 is 14.3 Å². The first-order valence-corrected chi connectivity index (χ1v) is 11.3. The molecule has 4 heterocycles. The lowest BCUT2D eigenvalue weighted by Gasteiger charge is -2.26. The quantitative estimate of drug-likeness (QED) is 0.524. The molecule has 0 unspecified atom stereocenters. The van der Waals surface area contributed by atoms with Crippen LogP contribution in [0.1, 0.15) is 10.4 Å². The topological polar surface area (TPSA) is 83.6 Å². The molecule has 2 aliphatic heterocycles. The van der Waals surface area contributed by atoms with Gasteiger partial charge in [0.2, 0.25) is 5.95 Å². The summed E-state index contributed by atoms with van der Waals surface area (Å²) in [7, 11) is 0. The maximum absolute atomic E-state index is 12.9. The molecule has 2 aliphatic rings. The molecule has 8 heteroatoms. The van der Waals surface area contributed by atoms with Gasteiger partial charge in [-0.1, -0.05) is 12.1 Å². The lowest BCUT2D eigenvalue weighted by molar-refractivity contribution is 0.0303. The average Bonchev–Trinajstić information content (AvgIpc) is 3.26. The summed E-state index contributed by atoms with van der Waals surface area (Å²) in [6.07, 6.45) is 3.76. The van der Waals surface area contributed by atoms with Crippen molar-refractivity contribution in [3.63, 3.8) is 0 Å². The number of H-pyrrole nitrogens is 1. The number of hydrogen-bond donors (Lipinski definition) is 1. The Hall–Kier alpha value is -3.49. The van der Waals surface area contributed by atoms with Crippen LogP contribution in [0.2, 0.25) is 0 Å². The van der Waals surface area contributed by atoms with Crippen LogP contribution in [0.4, 0.5) is 5.95 Å². The summed E-state index contributed by atoms with van der Waals surface area (Å²) < 4.78 is 10.8. The molecule has 2 fully saturated rings. The summed E-state index contributed by atoms with van der Waals surface area (Å²) in [4.78, 5) is 29.5. The van der Waals surface area contributed by atoms with E-state index in [1.54, 1.807) is 0 Å². The van der Waals surface area contributed by atoms with Crippen molar-refractivity contribution >= 4 is 33.7 Å². The van der Waals surface area contributed by atoms with Gasteiger partial charge >= 0.3 is 0 Å². The number of benzene rings is 2. The fourth-order valence-electron chi connectivity index (χ4n) is 4.56. The summed E-state index contributed by atoms with van der Waals surface area (Å²) in [6.45, 7) is 5.52. The van der Waals surface area contributed by atoms with Crippen LogP contribution in [0.25, 0.3) is 32.9 Å². The maximum Gasteiger partial charge on any atom is 0.254 e. The van der Waals surface area contributed by atoms with E-state index in [9.17, 15) is 4.79 Å². The number of carbonyl (C=O) groups is 1. The van der Waals surface area contributed by atoms with Gasteiger partial charge in [-0.2, -0.15) is 0 Å². The molecule has 2 aromatic heterocycles. The number of carbonyl (C=O) groups excluding carboxylic acids is 1. The molecule has 2 aromatic carbocycles. The van der Waals surface area contributed by atoms with Crippen LogP contribution in [-0.4, -0.2) is 78.4 Å². The molecule has 8 nitrogen and oxygen atoms in total. The predicted molar refractivity (Wildman–Crippen MR) is 127 cm³/mol. The van der Waals surface area contributed by atoms with E-state index in [1.165, 1.54) is 0 Å². The number of anilines is 1. The van der Waals surface area contributed by atoms with Crippen LogP contribution >= 0.6 is 0 Å². The van der Waals surface area contributed by atoms with E-state index >= 15 is 0 Å². The van der Waals surface area contributed by atoms with Crippen LogP contribution in [0.3, 0.4) is 0 Å². The molecule has 33 heavy (non-hydrogen) atoms. The van der Waals surface area contributed by atoms with E-state index in [4.69, 9.17) is 9.47 Å². The highest BCUT2D eigenvalue weighted by Crippen LogP contribution is 2.31. The van der Waals surface area contributed by atoms with E-state index in [-0.39, 0.29) is 5.91 Å². The Morgan fingerprint density at radius 2 is 1.52 bits per heavy atom. The van der Waals surface area contributed by atoms with Gasteiger partial charge in [-0.15, -0.1) is 0 Å². The highest BCUT2D eigenvalue weighted by molar-refractivity contribution is 6.10. The molecule has 168 valence electrons. The van der Waals surface area contributed by atoms with Crippen LogP contribution in [-0.2, 0) is 9.47 Å². The molecule has 0 radical (unpaired) electrons. The Balaban J connectivity index is 1.30. The van der Waals surface area contributed by atoms with E-state index in [0.29, 0.717) is 45.1 Å². The third-order valence-electron chi connectivity index (χ3n) is 6.41. The van der Waals surface area contributed by atoms with Gasteiger partial charge in [-0.3, -0.25) is 4.79 Å². The number of aromatic amines is 1. The lowest BCUT2D eigenvalue weighted by atomic mass is 10.0. The number of morpholine rings is 2. The van der Waals surface area contributed by atoms with Gasteiger partial charge in [0.05, 0.1) is 26.4 Å². The molecule has 4 aromatic rings. The van der Waals surface area contributed by atoms with Crippen molar-refractivity contribution in [3.8, 4) is 11.1 Å². The fourth-order valence-corrected chi connectivity index (χ4v) is 4.56. The van der Waals surface area contributed by atoms with E-state index in [2.05, 4.69) is 38.1 Å². The molecule has 0 saturated carbocycles. The number of ether oxygens (including phenoxy) is 2. The van der Waals surface area contributed by atoms with Crippen molar-refractivity contribution in [3.05, 3.63) is 54.4 Å². The first-order valence-electron chi connectivity index (χ1n) is 11.3. The summed E-state index contributed by atoms with van der Waals surface area (Å²) in [5, 5.41) is 2.21. The Morgan fingerprint density at radius 3 is 2.27 bits per heavy atom. The smallest absolute Gasteiger partial charge is 0.254 e. The molecule has 0 aliphatic carbocycles. The zero-order valence-corrected chi connectivity index (χ0v) is 18.3. The Labute approximate surface area is 191 Å². The molecule has 0 bridgehead atoms. The fraction of sp³-hybridized carbons (Fsp3) is 0.320. The standard InChI is InChI=1S/C25H25N5O3/c31-24(29-5-9-32-10-6-29)18-1-3-20-21-13-17(2-4-22(21)28-23(20)14-18)19-15-26-25(27-16-19)30-7-11-33-12-8-30/h1-4,13-16,28H,5-12H2. The van der Waals surface area contributed by atoms with Crippen molar-refractivity contribution in [2.24, 2.45) is 0 Å². The number of nitrogens with one attached hydrogen (secondary N) is 1. The van der Waals surface area contributed by atoms with Gasteiger partial charge in [0.15, 0.2) is 0 Å². The second-order valence-corrected chi connectivity index (χ2v) is 8.42. The van der Waals surface area contributed by atoms with Crippen molar-refractivity contribution in [1.82, 2.24) is 19.9 Å². The number of nitrogens with zero attached hydrogens (tertiary/aromatic N) is 4. The first kappa shape index (κ1) is 20.1. The third kappa shape index (κ3) is 3.81. The van der Waals surface area contributed by atoms with Gasteiger partial charge in [-0.05, 0) is 29.8 Å². The molecule has 6 rings (SSSR count). The first-order chi connectivity index (χ1) is 16.3. The summed E-state index contributed by atoms with van der Waals surface area (Å²) in [5.74, 6) is 0.796. The molecular weight excluding hydrogens is 418 g/mol. The second-order valence-electron chi connectivity index (χ2n) is 8.42. The number of amides is 1. The maximum atomic E-state index is 12.9. The minimum absolute atomic E-state index is 0.0528. The van der Waals surface area contributed by atoms with E-state index in [0.717, 1.165) is 52.0 Å². The van der Waals surface area contributed by atoms with Crippen molar-refractivity contribution in [2.45, 2.75) is 0 Å². The monoisotopic (exact) mass is 443 g/mol. The van der Waals surface area contributed by atoms with Crippen LogP contribution < -0.4 is 4.90 Å². The Bertz CT molecular complexity index is 1310. The highest BCUT2D eigenvalue weighted by Gasteiger charge is 2.19. The molecule has 0 spiro atoms. The number of fused-ring (bicyclic) bond motifs is 3. The molecule has 2 saturated heterocycles. The van der Waals surface area contributed by atoms with Crippen LogP contribution in [0.5, 0.6) is 0 Å². The zero-order chi connectivity index (χ0) is 22.2. The van der Waals surface area contributed by atoms with Gasteiger partial charge in [0.1, 0.15) is 0 Å².